The normalized spacial score (nSPS) is 19.8. The van der Waals surface area contributed by atoms with E-state index in [2.05, 4.69) is 0 Å². The number of methoxy groups -OCH3 is 1. The summed E-state index contributed by atoms with van der Waals surface area (Å²) >= 11 is 1.30. The summed E-state index contributed by atoms with van der Waals surface area (Å²) in [7, 11) is 5.41. The standard InChI is InChI=1S/C20H23FN2O3S/c1-22(2)10-11-23-16-9-6-14(21)12-17(16)27-19(18(24)20(23)25)13-4-7-15(26-3)8-5-13/h4-9,12,18-19,24H,10-11H2,1-3H3/t18-,19+/m1/s1. The van der Waals surface area contributed by atoms with Crippen LogP contribution in [0.2, 0.25) is 0 Å². The molecule has 0 fully saturated rings. The Balaban J connectivity index is 2.01. The molecule has 144 valence electrons. The molecule has 1 heterocycles. The largest absolute Gasteiger partial charge is 0.497 e. The minimum Gasteiger partial charge on any atom is -0.497 e. The van der Waals surface area contributed by atoms with E-state index in [1.54, 1.807) is 30.2 Å². The van der Waals surface area contributed by atoms with E-state index in [1.165, 1.54) is 23.9 Å². The third kappa shape index (κ3) is 4.26. The van der Waals surface area contributed by atoms with Gasteiger partial charge in [-0.3, -0.25) is 4.79 Å². The fourth-order valence-electron chi connectivity index (χ4n) is 2.99. The van der Waals surface area contributed by atoms with Gasteiger partial charge in [-0.1, -0.05) is 12.1 Å². The zero-order chi connectivity index (χ0) is 19.6. The molecule has 7 heteroatoms. The molecule has 1 N–H and O–H groups in total. The van der Waals surface area contributed by atoms with Gasteiger partial charge in [0.15, 0.2) is 0 Å². The van der Waals surface area contributed by atoms with E-state index < -0.39 is 11.4 Å². The molecule has 0 spiro atoms. The quantitative estimate of drug-likeness (QED) is 0.851. The van der Waals surface area contributed by atoms with E-state index in [-0.39, 0.29) is 11.7 Å². The molecule has 0 saturated carbocycles. The maximum absolute atomic E-state index is 13.9. The number of amides is 1. The Hall–Kier alpha value is -2.09. The van der Waals surface area contributed by atoms with Crippen LogP contribution in [-0.4, -0.2) is 56.3 Å². The van der Waals surface area contributed by atoms with Gasteiger partial charge in [0, 0.05) is 18.0 Å². The molecule has 2 aromatic rings. The van der Waals surface area contributed by atoms with E-state index in [1.807, 2.05) is 31.1 Å². The number of carbonyl (C=O) groups is 1. The number of nitrogens with zero attached hydrogens (tertiary/aromatic N) is 2. The number of benzene rings is 2. The molecule has 3 rings (SSSR count). The smallest absolute Gasteiger partial charge is 0.257 e. The van der Waals surface area contributed by atoms with Gasteiger partial charge < -0.3 is 19.6 Å². The minimum absolute atomic E-state index is 0.369. The highest BCUT2D eigenvalue weighted by molar-refractivity contribution is 7.99. The number of aliphatic hydroxyl groups is 1. The molecule has 0 bridgehead atoms. The zero-order valence-corrected chi connectivity index (χ0v) is 16.4. The molecule has 1 aliphatic heterocycles. The minimum atomic E-state index is -1.24. The lowest BCUT2D eigenvalue weighted by Gasteiger charge is -2.26. The van der Waals surface area contributed by atoms with Crippen LogP contribution in [0.3, 0.4) is 0 Å². The van der Waals surface area contributed by atoms with Crippen molar-refractivity contribution < 1.29 is 19.0 Å². The Morgan fingerprint density at radius 1 is 1.22 bits per heavy atom. The summed E-state index contributed by atoms with van der Waals surface area (Å²) in [5.41, 5.74) is 1.41. The molecule has 0 saturated heterocycles. The van der Waals surface area contributed by atoms with Crippen molar-refractivity contribution in [3.05, 3.63) is 53.8 Å². The SMILES string of the molecule is COc1ccc([C@@H]2Sc3cc(F)ccc3N(CCN(C)C)C(=O)[C@@H]2O)cc1. The second-order valence-corrected chi connectivity index (χ2v) is 7.85. The number of aliphatic hydroxyl groups excluding tert-OH is 1. The van der Waals surface area contributed by atoms with Crippen LogP contribution in [-0.2, 0) is 4.79 Å². The Morgan fingerprint density at radius 3 is 2.56 bits per heavy atom. The number of hydrogen-bond acceptors (Lipinski definition) is 5. The van der Waals surface area contributed by atoms with Crippen LogP contribution in [0.4, 0.5) is 10.1 Å². The maximum atomic E-state index is 13.9. The fourth-order valence-corrected chi connectivity index (χ4v) is 4.28. The van der Waals surface area contributed by atoms with Gasteiger partial charge in [-0.05, 0) is 50.0 Å². The predicted octanol–water partition coefficient (Wildman–Crippen LogP) is 2.94. The van der Waals surface area contributed by atoms with Crippen LogP contribution in [0.1, 0.15) is 10.8 Å². The van der Waals surface area contributed by atoms with Gasteiger partial charge in [0.1, 0.15) is 17.7 Å². The highest BCUT2D eigenvalue weighted by atomic mass is 32.2. The first kappa shape index (κ1) is 19.7. The summed E-state index contributed by atoms with van der Waals surface area (Å²) in [6.07, 6.45) is -1.24. The van der Waals surface area contributed by atoms with E-state index in [0.29, 0.717) is 29.4 Å². The molecule has 2 aromatic carbocycles. The number of carbonyl (C=O) groups excluding carboxylic acids is 1. The highest BCUT2D eigenvalue weighted by Crippen LogP contribution is 2.46. The number of rotatable bonds is 5. The molecule has 1 amide bonds. The first-order valence-corrected chi connectivity index (χ1v) is 9.53. The molecule has 0 unspecified atom stereocenters. The molecule has 2 atom stereocenters. The van der Waals surface area contributed by atoms with Gasteiger partial charge in [0.05, 0.1) is 18.0 Å². The third-order valence-corrected chi connectivity index (χ3v) is 5.85. The van der Waals surface area contributed by atoms with Crippen LogP contribution in [0.15, 0.2) is 47.4 Å². The highest BCUT2D eigenvalue weighted by Gasteiger charge is 2.37. The summed E-state index contributed by atoms with van der Waals surface area (Å²) in [6.45, 7) is 1.05. The molecule has 1 aliphatic rings. The number of likely N-dealkylation sites (N-methyl/N-ethyl adjacent to an activating group) is 1. The fraction of sp³-hybridized carbons (Fsp3) is 0.350. The van der Waals surface area contributed by atoms with Crippen molar-refractivity contribution in [3.63, 3.8) is 0 Å². The van der Waals surface area contributed by atoms with Crippen LogP contribution in [0.25, 0.3) is 0 Å². The van der Waals surface area contributed by atoms with Gasteiger partial charge in [0.25, 0.3) is 5.91 Å². The summed E-state index contributed by atoms with van der Waals surface area (Å²) in [5, 5.41) is 10.3. The average Bonchev–Trinajstić information content (AvgIpc) is 2.75. The zero-order valence-electron chi connectivity index (χ0n) is 15.6. The van der Waals surface area contributed by atoms with E-state index in [9.17, 15) is 14.3 Å². The lowest BCUT2D eigenvalue weighted by molar-refractivity contribution is -0.126. The molecule has 5 nitrogen and oxygen atoms in total. The van der Waals surface area contributed by atoms with Crippen LogP contribution in [0.5, 0.6) is 5.75 Å². The lowest BCUT2D eigenvalue weighted by atomic mass is 10.1. The molecule has 27 heavy (non-hydrogen) atoms. The summed E-state index contributed by atoms with van der Waals surface area (Å²) in [6, 6.07) is 11.6. The van der Waals surface area contributed by atoms with Crippen molar-refractivity contribution in [2.45, 2.75) is 16.2 Å². The van der Waals surface area contributed by atoms with E-state index in [0.717, 1.165) is 5.56 Å². The number of thioether (sulfide) groups is 1. The lowest BCUT2D eigenvalue weighted by Crippen LogP contribution is -2.43. The van der Waals surface area contributed by atoms with Crippen LogP contribution >= 0.6 is 11.8 Å². The van der Waals surface area contributed by atoms with Gasteiger partial charge in [-0.25, -0.2) is 4.39 Å². The van der Waals surface area contributed by atoms with Crippen molar-refractivity contribution in [3.8, 4) is 5.75 Å². The van der Waals surface area contributed by atoms with Crippen molar-refractivity contribution in [2.24, 2.45) is 0 Å². The number of anilines is 1. The molecule has 0 aliphatic carbocycles. The monoisotopic (exact) mass is 390 g/mol. The van der Waals surface area contributed by atoms with Crippen molar-refractivity contribution >= 4 is 23.4 Å². The van der Waals surface area contributed by atoms with Gasteiger partial charge in [-0.15, -0.1) is 11.8 Å². The second kappa shape index (κ2) is 8.29. The Labute approximate surface area is 162 Å². The summed E-state index contributed by atoms with van der Waals surface area (Å²) < 4.78 is 19.1. The Kier molecular flexibility index (Phi) is 6.04. The summed E-state index contributed by atoms with van der Waals surface area (Å²) in [5.74, 6) is -0.0566. The molecule has 0 radical (unpaired) electrons. The molecule has 0 aromatic heterocycles. The van der Waals surface area contributed by atoms with E-state index >= 15 is 0 Å². The maximum Gasteiger partial charge on any atom is 0.257 e. The number of ether oxygens (including phenoxy) is 1. The molecular weight excluding hydrogens is 367 g/mol. The average molecular weight is 390 g/mol. The number of hydrogen-bond donors (Lipinski definition) is 1. The first-order chi connectivity index (χ1) is 12.9. The second-order valence-electron chi connectivity index (χ2n) is 6.66. The number of halogens is 1. The van der Waals surface area contributed by atoms with Gasteiger partial charge >= 0.3 is 0 Å². The Morgan fingerprint density at radius 2 is 1.93 bits per heavy atom. The van der Waals surface area contributed by atoms with Crippen LogP contribution < -0.4 is 9.64 Å². The van der Waals surface area contributed by atoms with Crippen molar-refractivity contribution in [2.75, 3.05) is 39.2 Å². The van der Waals surface area contributed by atoms with Crippen LogP contribution in [0, 0.1) is 5.82 Å². The van der Waals surface area contributed by atoms with Crippen molar-refractivity contribution in [1.82, 2.24) is 4.90 Å². The van der Waals surface area contributed by atoms with Gasteiger partial charge in [0.2, 0.25) is 0 Å². The van der Waals surface area contributed by atoms with Crippen molar-refractivity contribution in [1.29, 1.82) is 0 Å². The first-order valence-electron chi connectivity index (χ1n) is 8.65. The number of fused-ring (bicyclic) bond motifs is 1. The molecular formula is C20H23FN2O3S. The van der Waals surface area contributed by atoms with Gasteiger partial charge in [-0.2, -0.15) is 0 Å². The topological polar surface area (TPSA) is 53.0 Å². The third-order valence-electron chi connectivity index (χ3n) is 4.49. The Bertz CT molecular complexity index is 813. The van der Waals surface area contributed by atoms with E-state index in [4.69, 9.17) is 4.74 Å². The predicted molar refractivity (Wildman–Crippen MR) is 105 cm³/mol. The summed E-state index contributed by atoms with van der Waals surface area (Å²) in [4.78, 5) is 17.2.